The number of nitrogens with zero attached hydrogens (tertiary/aromatic N) is 1. The molecule has 102 valence electrons. The van der Waals surface area contributed by atoms with Crippen LogP contribution in [0.4, 0.5) is 0 Å². The molecule has 1 aromatic carbocycles. The Bertz CT molecular complexity index is 435. The van der Waals surface area contributed by atoms with Gasteiger partial charge in [-0.15, -0.1) is 0 Å². The van der Waals surface area contributed by atoms with Gasteiger partial charge in [-0.25, -0.2) is 0 Å². The minimum absolute atomic E-state index is 0.248. The molecule has 2 aliphatic rings. The van der Waals surface area contributed by atoms with Crippen LogP contribution in [0.15, 0.2) is 30.3 Å². The maximum Gasteiger partial charge on any atom is 0.220 e. The Balaban J connectivity index is 1.47. The fraction of sp³-hybridized carbons (Fsp3) is 0.562. The van der Waals surface area contributed by atoms with Crippen LogP contribution < -0.4 is 5.32 Å². The Hall–Kier alpha value is -1.35. The number of carbonyl (C=O) groups excluding carboxylic acids is 1. The summed E-state index contributed by atoms with van der Waals surface area (Å²) in [6.45, 7) is 4.32. The number of hydrogen-bond acceptors (Lipinski definition) is 2. The van der Waals surface area contributed by atoms with Crippen LogP contribution in [0.25, 0.3) is 0 Å². The van der Waals surface area contributed by atoms with Crippen LogP contribution in [0.2, 0.25) is 0 Å². The fourth-order valence-corrected chi connectivity index (χ4v) is 3.29. The molecule has 2 heterocycles. The smallest absolute Gasteiger partial charge is 0.220 e. The Kier molecular flexibility index (Phi) is 3.56. The molecule has 2 aliphatic heterocycles. The first-order chi connectivity index (χ1) is 9.26. The van der Waals surface area contributed by atoms with Crippen LogP contribution in [-0.2, 0) is 11.2 Å². The average Bonchev–Trinajstić information content (AvgIpc) is 2.81. The van der Waals surface area contributed by atoms with Crippen LogP contribution in [-0.4, -0.2) is 37.0 Å². The minimum atomic E-state index is 0.248. The third-order valence-electron chi connectivity index (χ3n) is 4.67. The number of benzene rings is 1. The lowest BCUT2D eigenvalue weighted by molar-refractivity contribution is -0.119. The van der Waals surface area contributed by atoms with E-state index in [0.29, 0.717) is 0 Å². The van der Waals surface area contributed by atoms with Gasteiger partial charge in [-0.3, -0.25) is 4.79 Å². The second-order valence-corrected chi connectivity index (χ2v) is 6.03. The SMILES string of the molecule is O=C1CC2(CCN(CCc3ccccc3)CC2)CN1. The van der Waals surface area contributed by atoms with E-state index in [1.54, 1.807) is 0 Å². The van der Waals surface area contributed by atoms with E-state index < -0.39 is 0 Å². The fourth-order valence-electron chi connectivity index (χ4n) is 3.29. The molecular weight excluding hydrogens is 236 g/mol. The second kappa shape index (κ2) is 5.33. The highest BCUT2D eigenvalue weighted by Gasteiger charge is 2.40. The van der Waals surface area contributed by atoms with E-state index in [1.165, 1.54) is 18.4 Å². The molecule has 0 unspecified atom stereocenters. The average molecular weight is 258 g/mol. The maximum atomic E-state index is 11.4. The molecule has 1 N–H and O–H groups in total. The van der Waals surface area contributed by atoms with E-state index in [0.717, 1.165) is 39.0 Å². The molecule has 3 heteroatoms. The lowest BCUT2D eigenvalue weighted by Gasteiger charge is -2.38. The van der Waals surface area contributed by atoms with Crippen LogP contribution in [0.3, 0.4) is 0 Å². The van der Waals surface area contributed by atoms with Crippen molar-refractivity contribution >= 4 is 5.91 Å². The van der Waals surface area contributed by atoms with Crippen molar-refractivity contribution in [3.8, 4) is 0 Å². The van der Waals surface area contributed by atoms with Crippen molar-refractivity contribution in [2.24, 2.45) is 5.41 Å². The summed E-state index contributed by atoms with van der Waals surface area (Å²) < 4.78 is 0. The molecule has 0 bridgehead atoms. The predicted octanol–water partition coefficient (Wildman–Crippen LogP) is 1.83. The monoisotopic (exact) mass is 258 g/mol. The van der Waals surface area contributed by atoms with E-state index in [2.05, 4.69) is 40.5 Å². The molecule has 2 fully saturated rings. The number of amides is 1. The summed E-state index contributed by atoms with van der Waals surface area (Å²) in [6, 6.07) is 10.7. The van der Waals surface area contributed by atoms with Gasteiger partial charge in [0.15, 0.2) is 0 Å². The van der Waals surface area contributed by atoms with E-state index in [-0.39, 0.29) is 11.3 Å². The molecule has 0 saturated carbocycles. The molecule has 3 rings (SSSR count). The predicted molar refractivity (Wildman–Crippen MR) is 75.9 cm³/mol. The van der Waals surface area contributed by atoms with Gasteiger partial charge in [0.05, 0.1) is 0 Å². The number of nitrogens with one attached hydrogen (secondary N) is 1. The van der Waals surface area contributed by atoms with Crippen molar-refractivity contribution in [2.45, 2.75) is 25.7 Å². The van der Waals surface area contributed by atoms with Gasteiger partial charge in [0.25, 0.3) is 0 Å². The molecule has 1 aromatic rings. The molecule has 3 nitrogen and oxygen atoms in total. The number of rotatable bonds is 3. The largest absolute Gasteiger partial charge is 0.356 e. The third kappa shape index (κ3) is 2.98. The highest BCUT2D eigenvalue weighted by molar-refractivity contribution is 5.79. The highest BCUT2D eigenvalue weighted by atomic mass is 16.1. The van der Waals surface area contributed by atoms with Crippen molar-refractivity contribution in [3.05, 3.63) is 35.9 Å². The summed E-state index contributed by atoms with van der Waals surface area (Å²) in [5.41, 5.74) is 1.70. The second-order valence-electron chi connectivity index (χ2n) is 6.03. The highest BCUT2D eigenvalue weighted by Crippen LogP contribution is 2.37. The van der Waals surface area contributed by atoms with E-state index in [4.69, 9.17) is 0 Å². The van der Waals surface area contributed by atoms with Gasteiger partial charge >= 0.3 is 0 Å². The summed E-state index contributed by atoms with van der Waals surface area (Å²) in [5, 5.41) is 3.00. The van der Waals surface area contributed by atoms with E-state index in [9.17, 15) is 4.79 Å². The zero-order chi connectivity index (χ0) is 13.1. The van der Waals surface area contributed by atoms with Gasteiger partial charge < -0.3 is 10.2 Å². The van der Waals surface area contributed by atoms with Crippen molar-refractivity contribution in [3.63, 3.8) is 0 Å². The van der Waals surface area contributed by atoms with Gasteiger partial charge in [-0.05, 0) is 43.3 Å². The number of carbonyl (C=O) groups is 1. The molecule has 19 heavy (non-hydrogen) atoms. The van der Waals surface area contributed by atoms with Gasteiger partial charge in [-0.1, -0.05) is 30.3 Å². The molecule has 2 saturated heterocycles. The van der Waals surface area contributed by atoms with Crippen molar-refractivity contribution in [1.82, 2.24) is 10.2 Å². The Labute approximate surface area is 115 Å². The summed E-state index contributed by atoms with van der Waals surface area (Å²) in [6.07, 6.45) is 4.21. The molecule has 1 spiro atoms. The first-order valence-corrected chi connectivity index (χ1v) is 7.29. The van der Waals surface area contributed by atoms with Gasteiger partial charge in [0.1, 0.15) is 0 Å². The summed E-state index contributed by atoms with van der Waals surface area (Å²) >= 11 is 0. The van der Waals surface area contributed by atoms with Gasteiger partial charge in [0, 0.05) is 19.5 Å². The quantitative estimate of drug-likeness (QED) is 0.897. The van der Waals surface area contributed by atoms with Crippen molar-refractivity contribution < 1.29 is 4.79 Å². The van der Waals surface area contributed by atoms with Crippen LogP contribution >= 0.6 is 0 Å². The molecular formula is C16H22N2O. The van der Waals surface area contributed by atoms with Gasteiger partial charge in [0.2, 0.25) is 5.91 Å². The molecule has 0 aliphatic carbocycles. The van der Waals surface area contributed by atoms with Crippen molar-refractivity contribution in [2.75, 3.05) is 26.2 Å². The zero-order valence-corrected chi connectivity index (χ0v) is 11.4. The summed E-state index contributed by atoms with van der Waals surface area (Å²) in [7, 11) is 0. The Morgan fingerprint density at radius 2 is 1.89 bits per heavy atom. The Morgan fingerprint density at radius 3 is 2.53 bits per heavy atom. The van der Waals surface area contributed by atoms with E-state index in [1.807, 2.05) is 0 Å². The normalized spacial score (nSPS) is 22.6. The van der Waals surface area contributed by atoms with Gasteiger partial charge in [-0.2, -0.15) is 0 Å². The number of piperidine rings is 1. The molecule has 1 amide bonds. The lowest BCUT2D eigenvalue weighted by atomic mass is 9.77. The van der Waals surface area contributed by atoms with Crippen LogP contribution in [0.1, 0.15) is 24.8 Å². The molecule has 0 radical (unpaired) electrons. The molecule has 0 atom stereocenters. The maximum absolute atomic E-state index is 11.4. The lowest BCUT2D eigenvalue weighted by Crippen LogP contribution is -2.41. The topological polar surface area (TPSA) is 32.3 Å². The summed E-state index contributed by atoms with van der Waals surface area (Å²) in [4.78, 5) is 13.9. The first-order valence-electron chi connectivity index (χ1n) is 7.29. The van der Waals surface area contributed by atoms with Crippen LogP contribution in [0, 0.1) is 5.41 Å². The zero-order valence-electron chi connectivity index (χ0n) is 11.4. The minimum Gasteiger partial charge on any atom is -0.356 e. The third-order valence-corrected chi connectivity index (χ3v) is 4.67. The van der Waals surface area contributed by atoms with Crippen molar-refractivity contribution in [1.29, 1.82) is 0 Å². The first kappa shape index (κ1) is 12.7. The van der Waals surface area contributed by atoms with E-state index >= 15 is 0 Å². The Morgan fingerprint density at radius 1 is 1.16 bits per heavy atom. The number of hydrogen-bond donors (Lipinski definition) is 1. The number of likely N-dealkylation sites (tertiary alicyclic amines) is 1. The van der Waals surface area contributed by atoms with Crippen LogP contribution in [0.5, 0.6) is 0 Å². The molecule has 0 aromatic heterocycles. The standard InChI is InChI=1S/C16H22N2O/c19-15-12-16(13-17-15)7-10-18(11-8-16)9-6-14-4-2-1-3-5-14/h1-5H,6-13H2,(H,17,19). The summed E-state index contributed by atoms with van der Waals surface area (Å²) in [5.74, 6) is 0.248.